The Labute approximate surface area is 83.9 Å². The van der Waals surface area contributed by atoms with Crippen LogP contribution in [0.1, 0.15) is 4.88 Å². The Balaban J connectivity index is 2.27. The van der Waals surface area contributed by atoms with Crippen LogP contribution >= 0.6 is 38.9 Å². The smallest absolute Gasteiger partial charge is 0.0931 e. The molecule has 0 amide bonds. The molecule has 0 aliphatic heterocycles. The minimum Gasteiger partial charge on any atom is -0.311 e. The van der Waals surface area contributed by atoms with Crippen LogP contribution in [-0.4, -0.2) is 11.9 Å². The molecule has 0 atom stereocenters. The van der Waals surface area contributed by atoms with E-state index >= 15 is 0 Å². The van der Waals surface area contributed by atoms with E-state index < -0.39 is 0 Å². The van der Waals surface area contributed by atoms with E-state index in [1.165, 1.54) is 4.88 Å². The van der Waals surface area contributed by atoms with Crippen LogP contribution in [0.5, 0.6) is 0 Å². The number of rotatable bonds is 4. The SMILES string of the molecule is Clc1ccc(CNCCBr)s1. The number of nitrogens with one attached hydrogen (secondary N) is 1. The van der Waals surface area contributed by atoms with Crippen molar-refractivity contribution in [3.8, 4) is 0 Å². The lowest BCUT2D eigenvalue weighted by Gasteiger charge is -1.97. The van der Waals surface area contributed by atoms with Gasteiger partial charge < -0.3 is 5.32 Å². The van der Waals surface area contributed by atoms with Crippen molar-refractivity contribution in [2.24, 2.45) is 0 Å². The number of hydrogen-bond donors (Lipinski definition) is 1. The van der Waals surface area contributed by atoms with Gasteiger partial charge in [-0.2, -0.15) is 0 Å². The second-order valence-corrected chi connectivity index (χ2v) is 4.66. The molecule has 0 aliphatic rings. The van der Waals surface area contributed by atoms with E-state index in [2.05, 4.69) is 21.2 Å². The standard InChI is InChI=1S/C7H9BrClNS/c8-3-4-10-5-6-1-2-7(9)11-6/h1-2,10H,3-5H2. The van der Waals surface area contributed by atoms with Crippen molar-refractivity contribution in [1.29, 1.82) is 0 Å². The van der Waals surface area contributed by atoms with Crippen LogP contribution in [0.4, 0.5) is 0 Å². The van der Waals surface area contributed by atoms with Crippen LogP contribution in [0.3, 0.4) is 0 Å². The summed E-state index contributed by atoms with van der Waals surface area (Å²) in [7, 11) is 0. The quantitative estimate of drug-likeness (QED) is 0.644. The van der Waals surface area contributed by atoms with Crippen molar-refractivity contribution in [3.63, 3.8) is 0 Å². The molecule has 1 aromatic heterocycles. The number of halogens is 2. The van der Waals surface area contributed by atoms with Gasteiger partial charge in [0.15, 0.2) is 0 Å². The van der Waals surface area contributed by atoms with E-state index in [0.717, 1.165) is 22.8 Å². The van der Waals surface area contributed by atoms with Crippen molar-refractivity contribution in [2.75, 3.05) is 11.9 Å². The third-order valence-electron chi connectivity index (χ3n) is 1.20. The molecule has 0 saturated heterocycles. The summed E-state index contributed by atoms with van der Waals surface area (Å²) in [6, 6.07) is 3.98. The lowest BCUT2D eigenvalue weighted by Crippen LogP contribution is -2.14. The number of alkyl halides is 1. The van der Waals surface area contributed by atoms with Crippen molar-refractivity contribution >= 4 is 38.9 Å². The van der Waals surface area contributed by atoms with Gasteiger partial charge >= 0.3 is 0 Å². The normalized spacial score (nSPS) is 10.4. The van der Waals surface area contributed by atoms with Crippen molar-refractivity contribution in [1.82, 2.24) is 5.32 Å². The Morgan fingerprint density at radius 1 is 1.55 bits per heavy atom. The average Bonchev–Trinajstić information content (AvgIpc) is 2.37. The van der Waals surface area contributed by atoms with Crippen molar-refractivity contribution in [2.45, 2.75) is 6.54 Å². The third kappa shape index (κ3) is 3.56. The maximum atomic E-state index is 5.75. The molecule has 0 saturated carbocycles. The summed E-state index contributed by atoms with van der Waals surface area (Å²) in [6.45, 7) is 1.92. The molecule has 4 heteroatoms. The van der Waals surface area contributed by atoms with Gasteiger partial charge in [0.1, 0.15) is 0 Å². The first-order valence-corrected chi connectivity index (χ1v) is 5.65. The highest BCUT2D eigenvalue weighted by Gasteiger charge is 1.95. The molecule has 0 spiro atoms. The Hall–Kier alpha value is 0.430. The van der Waals surface area contributed by atoms with Gasteiger partial charge in [-0.3, -0.25) is 0 Å². The fourth-order valence-electron chi connectivity index (χ4n) is 0.725. The zero-order valence-electron chi connectivity index (χ0n) is 5.94. The van der Waals surface area contributed by atoms with Gasteiger partial charge in [0.05, 0.1) is 4.34 Å². The third-order valence-corrected chi connectivity index (χ3v) is 2.83. The Kier molecular flexibility index (Phi) is 4.45. The highest BCUT2D eigenvalue weighted by atomic mass is 79.9. The number of thiophene rings is 1. The van der Waals surface area contributed by atoms with Gasteiger partial charge in [-0.05, 0) is 12.1 Å². The molecule has 0 aromatic carbocycles. The van der Waals surface area contributed by atoms with Crippen molar-refractivity contribution in [3.05, 3.63) is 21.3 Å². The van der Waals surface area contributed by atoms with Crippen LogP contribution in [0.25, 0.3) is 0 Å². The van der Waals surface area contributed by atoms with E-state index in [1.807, 2.05) is 12.1 Å². The summed E-state index contributed by atoms with van der Waals surface area (Å²) in [5.74, 6) is 0. The number of hydrogen-bond acceptors (Lipinski definition) is 2. The molecule has 1 N–H and O–H groups in total. The Bertz CT molecular complexity index is 214. The fourth-order valence-corrected chi connectivity index (χ4v) is 2.06. The van der Waals surface area contributed by atoms with Gasteiger partial charge in [0, 0.05) is 23.3 Å². The summed E-state index contributed by atoms with van der Waals surface area (Å²) in [5, 5.41) is 4.26. The predicted octanol–water partition coefficient (Wildman–Crippen LogP) is 2.89. The van der Waals surface area contributed by atoms with E-state index in [-0.39, 0.29) is 0 Å². The Morgan fingerprint density at radius 2 is 2.36 bits per heavy atom. The summed E-state index contributed by atoms with van der Waals surface area (Å²) in [6.07, 6.45) is 0. The molecule has 0 unspecified atom stereocenters. The molecule has 11 heavy (non-hydrogen) atoms. The molecule has 0 bridgehead atoms. The van der Waals surface area contributed by atoms with Crippen molar-refractivity contribution < 1.29 is 0 Å². The van der Waals surface area contributed by atoms with Crippen LogP contribution in [-0.2, 0) is 6.54 Å². The first-order chi connectivity index (χ1) is 5.33. The van der Waals surface area contributed by atoms with Crippen LogP contribution in [0, 0.1) is 0 Å². The summed E-state index contributed by atoms with van der Waals surface area (Å²) in [5.41, 5.74) is 0. The first-order valence-electron chi connectivity index (χ1n) is 3.34. The first kappa shape index (κ1) is 9.52. The summed E-state index contributed by atoms with van der Waals surface area (Å²) in [4.78, 5) is 1.29. The zero-order chi connectivity index (χ0) is 8.10. The minimum absolute atomic E-state index is 0.862. The molecule has 1 nitrogen and oxygen atoms in total. The minimum atomic E-state index is 0.862. The zero-order valence-corrected chi connectivity index (χ0v) is 9.10. The second kappa shape index (κ2) is 5.14. The highest BCUT2D eigenvalue weighted by Crippen LogP contribution is 2.20. The Morgan fingerprint density at radius 3 is 2.91 bits per heavy atom. The average molecular weight is 255 g/mol. The lowest BCUT2D eigenvalue weighted by molar-refractivity contribution is 0.743. The van der Waals surface area contributed by atoms with E-state index in [9.17, 15) is 0 Å². The highest BCUT2D eigenvalue weighted by molar-refractivity contribution is 9.09. The molecule has 1 rings (SSSR count). The molecular formula is C7H9BrClNS. The monoisotopic (exact) mass is 253 g/mol. The second-order valence-electron chi connectivity index (χ2n) is 2.07. The molecule has 0 radical (unpaired) electrons. The van der Waals surface area contributed by atoms with Crippen LogP contribution in [0.2, 0.25) is 4.34 Å². The molecule has 1 aromatic rings. The van der Waals surface area contributed by atoms with Gasteiger partial charge in [-0.15, -0.1) is 11.3 Å². The van der Waals surface area contributed by atoms with Crippen LogP contribution < -0.4 is 5.32 Å². The van der Waals surface area contributed by atoms with E-state index in [1.54, 1.807) is 11.3 Å². The maximum absolute atomic E-state index is 5.75. The van der Waals surface area contributed by atoms with E-state index in [4.69, 9.17) is 11.6 Å². The molecular weight excluding hydrogens is 246 g/mol. The van der Waals surface area contributed by atoms with Crippen LogP contribution in [0.15, 0.2) is 12.1 Å². The molecule has 0 aliphatic carbocycles. The predicted molar refractivity (Wildman–Crippen MR) is 54.8 cm³/mol. The molecule has 62 valence electrons. The van der Waals surface area contributed by atoms with Gasteiger partial charge in [0.25, 0.3) is 0 Å². The molecule has 0 fully saturated rings. The van der Waals surface area contributed by atoms with E-state index in [0.29, 0.717) is 0 Å². The molecule has 1 heterocycles. The van der Waals surface area contributed by atoms with Gasteiger partial charge in [-0.1, -0.05) is 27.5 Å². The van der Waals surface area contributed by atoms with Gasteiger partial charge in [-0.25, -0.2) is 0 Å². The summed E-state index contributed by atoms with van der Waals surface area (Å²) >= 11 is 10.7. The lowest BCUT2D eigenvalue weighted by atomic mass is 10.4. The fraction of sp³-hybridized carbons (Fsp3) is 0.429. The largest absolute Gasteiger partial charge is 0.311 e. The van der Waals surface area contributed by atoms with Gasteiger partial charge in [0.2, 0.25) is 0 Å². The maximum Gasteiger partial charge on any atom is 0.0931 e. The summed E-state index contributed by atoms with van der Waals surface area (Å²) < 4.78 is 0.862. The topological polar surface area (TPSA) is 12.0 Å².